The average molecular weight is 339 g/mol. The molecule has 2 aromatic heterocycles. The molecule has 2 atom stereocenters. The Hall–Kier alpha value is -1.53. The van der Waals surface area contributed by atoms with Crippen LogP contribution in [0.3, 0.4) is 0 Å². The van der Waals surface area contributed by atoms with Gasteiger partial charge in [-0.3, -0.25) is 0 Å². The fourth-order valence-corrected chi connectivity index (χ4v) is 3.84. The summed E-state index contributed by atoms with van der Waals surface area (Å²) < 4.78 is 2.85. The number of urea groups is 1. The number of hydrogen-bond donors (Lipinski definition) is 1. The van der Waals surface area contributed by atoms with Gasteiger partial charge in [0.1, 0.15) is 0 Å². The molecule has 0 unspecified atom stereocenters. The first-order valence-electron chi connectivity index (χ1n) is 7.38. The lowest BCUT2D eigenvalue weighted by molar-refractivity contribution is 0.140. The summed E-state index contributed by atoms with van der Waals surface area (Å²) in [4.78, 5) is 19.4. The lowest BCUT2D eigenvalue weighted by atomic mass is 9.93. The van der Waals surface area contributed by atoms with Crippen molar-refractivity contribution >= 4 is 29.0 Å². The van der Waals surface area contributed by atoms with Gasteiger partial charge in [-0.25, -0.2) is 9.78 Å². The third-order valence-corrected chi connectivity index (χ3v) is 5.39. The summed E-state index contributed by atoms with van der Waals surface area (Å²) >= 11 is 7.40. The van der Waals surface area contributed by atoms with Crippen LogP contribution in [0, 0.1) is 5.92 Å². The molecule has 1 saturated heterocycles. The molecule has 1 aliphatic rings. The first-order valence-corrected chi connectivity index (χ1v) is 8.57. The highest BCUT2D eigenvalue weighted by Crippen LogP contribution is 2.27. The number of aromatic nitrogens is 2. The van der Waals surface area contributed by atoms with E-state index in [2.05, 4.69) is 21.8 Å². The molecule has 22 heavy (non-hydrogen) atoms. The summed E-state index contributed by atoms with van der Waals surface area (Å²) in [5.74, 6) is 0.536. The topological polar surface area (TPSA) is 50.2 Å². The number of halogens is 1. The average Bonchev–Trinajstić information content (AvgIpc) is 3.17. The zero-order valence-electron chi connectivity index (χ0n) is 12.4. The molecule has 0 spiro atoms. The van der Waals surface area contributed by atoms with Crippen molar-refractivity contribution in [3.8, 4) is 0 Å². The Morgan fingerprint density at radius 1 is 1.55 bits per heavy atom. The summed E-state index contributed by atoms with van der Waals surface area (Å²) in [5, 5.41) is 2.98. The maximum atomic E-state index is 12.4. The van der Waals surface area contributed by atoms with Gasteiger partial charge in [0.05, 0.1) is 23.3 Å². The van der Waals surface area contributed by atoms with Crippen molar-refractivity contribution in [1.82, 2.24) is 19.8 Å². The van der Waals surface area contributed by atoms with Crippen LogP contribution in [0.15, 0.2) is 30.9 Å². The zero-order chi connectivity index (χ0) is 15.5. The predicted octanol–water partition coefficient (Wildman–Crippen LogP) is 3.39. The third kappa shape index (κ3) is 3.44. The number of nitrogens with one attached hydrogen (secondary N) is 1. The van der Waals surface area contributed by atoms with E-state index in [1.54, 1.807) is 6.20 Å². The first kappa shape index (κ1) is 15.4. The highest BCUT2D eigenvalue weighted by Gasteiger charge is 2.29. The van der Waals surface area contributed by atoms with Crippen LogP contribution in [0.2, 0.25) is 4.34 Å². The van der Waals surface area contributed by atoms with E-state index in [9.17, 15) is 4.79 Å². The van der Waals surface area contributed by atoms with E-state index in [1.807, 2.05) is 29.6 Å². The molecule has 3 rings (SSSR count). The second kappa shape index (κ2) is 6.71. The van der Waals surface area contributed by atoms with E-state index in [0.717, 1.165) is 22.2 Å². The quantitative estimate of drug-likeness (QED) is 0.932. The largest absolute Gasteiger partial charge is 0.333 e. The van der Waals surface area contributed by atoms with Gasteiger partial charge in [0.15, 0.2) is 0 Å². The Kier molecular flexibility index (Phi) is 4.69. The van der Waals surface area contributed by atoms with Crippen LogP contribution in [-0.4, -0.2) is 33.6 Å². The van der Waals surface area contributed by atoms with E-state index in [4.69, 9.17) is 11.6 Å². The highest BCUT2D eigenvalue weighted by molar-refractivity contribution is 7.16. The monoisotopic (exact) mass is 338 g/mol. The van der Waals surface area contributed by atoms with Crippen LogP contribution in [0.25, 0.3) is 0 Å². The Morgan fingerprint density at radius 3 is 3.09 bits per heavy atom. The van der Waals surface area contributed by atoms with Gasteiger partial charge in [-0.05, 0) is 24.5 Å². The number of thiophene rings is 1. The van der Waals surface area contributed by atoms with Crippen molar-refractivity contribution in [3.63, 3.8) is 0 Å². The Balaban J connectivity index is 1.58. The number of piperidine rings is 1. The number of amides is 2. The molecule has 7 heteroatoms. The van der Waals surface area contributed by atoms with E-state index in [0.29, 0.717) is 19.0 Å². The van der Waals surface area contributed by atoms with Crippen LogP contribution in [0.5, 0.6) is 0 Å². The number of carbonyl (C=O) groups is 1. The van der Waals surface area contributed by atoms with Crippen molar-refractivity contribution in [2.75, 3.05) is 13.1 Å². The van der Waals surface area contributed by atoms with Gasteiger partial charge < -0.3 is 14.8 Å². The standard InChI is InChI=1S/C15H19ClN4OS/c1-11-4-6-19(9-13(11)20-7-5-17-10-20)15(21)18-8-12-2-3-14(16)22-12/h2-3,5,7,10-11,13H,4,6,8-9H2,1H3,(H,18,21)/t11-,13+/m1/s1. The summed E-state index contributed by atoms with van der Waals surface area (Å²) in [6, 6.07) is 4.07. The molecule has 1 aliphatic heterocycles. The fourth-order valence-electron chi connectivity index (χ4n) is 2.81. The molecule has 2 aromatic rings. The van der Waals surface area contributed by atoms with Gasteiger partial charge in [-0.15, -0.1) is 11.3 Å². The van der Waals surface area contributed by atoms with Crippen molar-refractivity contribution in [1.29, 1.82) is 0 Å². The molecule has 0 aromatic carbocycles. The fraction of sp³-hybridized carbons (Fsp3) is 0.467. The van der Waals surface area contributed by atoms with Gasteiger partial charge in [-0.1, -0.05) is 18.5 Å². The predicted molar refractivity (Wildman–Crippen MR) is 88.2 cm³/mol. The van der Waals surface area contributed by atoms with Gasteiger partial charge in [0.2, 0.25) is 0 Å². The Labute approximate surface area is 138 Å². The number of likely N-dealkylation sites (tertiary alicyclic amines) is 1. The maximum absolute atomic E-state index is 12.4. The molecule has 1 fully saturated rings. The molecule has 0 aliphatic carbocycles. The minimum absolute atomic E-state index is 0.0125. The number of imidazole rings is 1. The summed E-state index contributed by atoms with van der Waals surface area (Å²) in [6.07, 6.45) is 6.58. The number of rotatable bonds is 3. The van der Waals surface area contributed by atoms with E-state index in [-0.39, 0.29) is 12.1 Å². The SMILES string of the molecule is C[C@@H]1CCN(C(=O)NCc2ccc(Cl)s2)C[C@@H]1n1ccnc1. The third-order valence-electron chi connectivity index (χ3n) is 4.16. The maximum Gasteiger partial charge on any atom is 0.317 e. The molecule has 0 radical (unpaired) electrons. The van der Waals surface area contributed by atoms with Crippen molar-refractivity contribution in [2.24, 2.45) is 5.92 Å². The van der Waals surface area contributed by atoms with E-state index >= 15 is 0 Å². The summed E-state index contributed by atoms with van der Waals surface area (Å²) in [5.41, 5.74) is 0. The minimum Gasteiger partial charge on any atom is -0.333 e. The van der Waals surface area contributed by atoms with Gasteiger partial charge in [0.25, 0.3) is 0 Å². The highest BCUT2D eigenvalue weighted by atomic mass is 35.5. The molecule has 2 amide bonds. The van der Waals surface area contributed by atoms with Crippen LogP contribution in [-0.2, 0) is 6.54 Å². The number of carbonyl (C=O) groups excluding carboxylic acids is 1. The van der Waals surface area contributed by atoms with Crippen LogP contribution < -0.4 is 5.32 Å². The van der Waals surface area contributed by atoms with Gasteiger partial charge in [0, 0.05) is 30.4 Å². The molecule has 118 valence electrons. The molecule has 0 bridgehead atoms. The lowest BCUT2D eigenvalue weighted by Crippen LogP contribution is -2.47. The molecule has 3 heterocycles. The smallest absolute Gasteiger partial charge is 0.317 e. The first-order chi connectivity index (χ1) is 10.6. The molecular formula is C15H19ClN4OS. The van der Waals surface area contributed by atoms with Crippen molar-refractivity contribution in [2.45, 2.75) is 25.9 Å². The van der Waals surface area contributed by atoms with Gasteiger partial charge in [-0.2, -0.15) is 0 Å². The number of nitrogens with zero attached hydrogens (tertiary/aromatic N) is 3. The summed E-state index contributed by atoms with van der Waals surface area (Å²) in [6.45, 7) is 4.27. The van der Waals surface area contributed by atoms with Crippen LogP contribution in [0.4, 0.5) is 4.79 Å². The minimum atomic E-state index is -0.0125. The second-order valence-electron chi connectivity index (χ2n) is 5.65. The second-order valence-corrected chi connectivity index (χ2v) is 7.45. The van der Waals surface area contributed by atoms with Gasteiger partial charge >= 0.3 is 6.03 Å². The van der Waals surface area contributed by atoms with Crippen molar-refractivity contribution in [3.05, 3.63) is 40.1 Å². The molecular weight excluding hydrogens is 320 g/mol. The van der Waals surface area contributed by atoms with E-state index in [1.165, 1.54) is 11.3 Å². The lowest BCUT2D eigenvalue weighted by Gasteiger charge is -2.37. The summed E-state index contributed by atoms with van der Waals surface area (Å²) in [7, 11) is 0. The number of hydrogen-bond acceptors (Lipinski definition) is 3. The Morgan fingerprint density at radius 2 is 2.41 bits per heavy atom. The van der Waals surface area contributed by atoms with E-state index < -0.39 is 0 Å². The van der Waals surface area contributed by atoms with Crippen LogP contribution >= 0.6 is 22.9 Å². The van der Waals surface area contributed by atoms with Crippen LogP contribution in [0.1, 0.15) is 24.3 Å². The normalized spacial score (nSPS) is 21.8. The molecule has 5 nitrogen and oxygen atoms in total. The molecule has 1 N–H and O–H groups in total. The molecule has 0 saturated carbocycles. The Bertz CT molecular complexity index is 627. The van der Waals surface area contributed by atoms with Crippen molar-refractivity contribution < 1.29 is 4.79 Å². The zero-order valence-corrected chi connectivity index (χ0v) is 14.0.